The Labute approximate surface area is 249 Å². The maximum atomic E-state index is 12.8. The summed E-state index contributed by atoms with van der Waals surface area (Å²) in [5, 5.41) is 45.2. The topological polar surface area (TPSA) is 189 Å². The Morgan fingerprint density at radius 1 is 1.10 bits per heavy atom. The molecule has 0 bridgehead atoms. The second-order valence-corrected chi connectivity index (χ2v) is 11.4. The monoisotopic (exact) mass is 604 g/mol. The first-order valence-electron chi connectivity index (χ1n) is 13.9. The molecule has 2 aromatic rings. The molecule has 7 N–H and O–H groups in total. The number of carboxylic acids is 1. The molecule has 2 aromatic carbocycles. The van der Waals surface area contributed by atoms with Crippen LogP contribution in [0.15, 0.2) is 54.6 Å². The van der Waals surface area contributed by atoms with Crippen LogP contribution < -0.4 is 11.1 Å². The van der Waals surface area contributed by atoms with Gasteiger partial charge >= 0.3 is 5.97 Å². The fraction of sp³-hybridized carbons (Fsp3) is 0.500. The van der Waals surface area contributed by atoms with Crippen molar-refractivity contribution in [2.75, 3.05) is 24.7 Å². The third-order valence-corrected chi connectivity index (χ3v) is 8.11. The van der Waals surface area contributed by atoms with E-state index >= 15 is 0 Å². The number of rotatable bonds is 16. The lowest BCUT2D eigenvalue weighted by Gasteiger charge is -2.46. The zero-order valence-electron chi connectivity index (χ0n) is 23.6. The second-order valence-electron chi connectivity index (χ2n) is 10.2. The smallest absolute Gasteiger partial charge is 0.364 e. The second kappa shape index (κ2) is 16.1. The standard InChI is InChI=1S/C30H40N2O9S/c1-19(33)32-26-25(36)18-30(29(38)39,40-15-5-16-42-17-14-31)41-28(26)27(37)24(35)13-12-23(34)22-10-8-21(9-11-22)20-6-3-2-4-7-20/h2-4,6-11,24-28,35-37H,5,12-18,31H2,1H3,(H,32,33)(H,38,39)/t24-,25-,26-,27-,28?,30-/m1/s1. The predicted molar refractivity (Wildman–Crippen MR) is 158 cm³/mol. The number of nitrogens with two attached hydrogens (primary N) is 1. The number of carbonyl (C=O) groups is 3. The van der Waals surface area contributed by atoms with E-state index in [1.807, 2.05) is 42.5 Å². The molecule has 1 fully saturated rings. The highest BCUT2D eigenvalue weighted by molar-refractivity contribution is 7.99. The van der Waals surface area contributed by atoms with Crippen LogP contribution in [0.4, 0.5) is 0 Å². The number of aliphatic hydroxyl groups is 3. The summed E-state index contributed by atoms with van der Waals surface area (Å²) in [6.45, 7) is 1.70. The molecule has 11 nitrogen and oxygen atoms in total. The Morgan fingerprint density at radius 3 is 2.38 bits per heavy atom. The van der Waals surface area contributed by atoms with Gasteiger partial charge in [0.1, 0.15) is 12.2 Å². The number of nitrogens with one attached hydrogen (secondary N) is 1. The SMILES string of the molecule is CC(=O)N[C@H]1C([C@H](O)[C@H](O)CCC(=O)c2ccc(-c3ccccc3)cc2)O[C@@](OCCCSCCN)(C(=O)O)C[C@H]1O. The van der Waals surface area contributed by atoms with Gasteiger partial charge in [-0.25, -0.2) is 4.79 Å². The van der Waals surface area contributed by atoms with Crippen LogP contribution >= 0.6 is 11.8 Å². The first kappa shape index (κ1) is 33.7. The molecule has 0 saturated carbocycles. The third-order valence-electron chi connectivity index (χ3n) is 7.01. The van der Waals surface area contributed by atoms with Gasteiger partial charge in [0.15, 0.2) is 5.78 Å². The zero-order chi connectivity index (χ0) is 30.7. The van der Waals surface area contributed by atoms with E-state index in [2.05, 4.69) is 5.32 Å². The van der Waals surface area contributed by atoms with Crippen molar-refractivity contribution in [1.29, 1.82) is 0 Å². The van der Waals surface area contributed by atoms with E-state index in [1.54, 1.807) is 23.9 Å². The van der Waals surface area contributed by atoms with Gasteiger partial charge in [-0.15, -0.1) is 0 Å². The summed E-state index contributed by atoms with van der Waals surface area (Å²) in [5.74, 6) is -3.24. The van der Waals surface area contributed by atoms with Crippen LogP contribution in [0.25, 0.3) is 11.1 Å². The Morgan fingerprint density at radius 2 is 1.76 bits per heavy atom. The van der Waals surface area contributed by atoms with Crippen LogP contribution in [0.5, 0.6) is 0 Å². The molecule has 0 spiro atoms. The summed E-state index contributed by atoms with van der Waals surface area (Å²) in [7, 11) is 0. The Hall–Kier alpha value is -2.84. The third kappa shape index (κ3) is 9.08. The van der Waals surface area contributed by atoms with Gasteiger partial charge < -0.3 is 41.0 Å². The van der Waals surface area contributed by atoms with E-state index in [1.165, 1.54) is 6.92 Å². The van der Waals surface area contributed by atoms with Crippen LogP contribution in [0.3, 0.4) is 0 Å². The number of ketones is 1. The minimum Gasteiger partial charge on any atom is -0.477 e. The molecule has 1 unspecified atom stereocenters. The molecule has 1 amide bonds. The normalized spacial score (nSPS) is 23.6. The lowest BCUT2D eigenvalue weighted by molar-refractivity contribution is -0.310. The van der Waals surface area contributed by atoms with E-state index in [4.69, 9.17) is 15.2 Å². The highest BCUT2D eigenvalue weighted by Crippen LogP contribution is 2.34. The van der Waals surface area contributed by atoms with Crippen molar-refractivity contribution in [3.63, 3.8) is 0 Å². The molecular weight excluding hydrogens is 564 g/mol. The number of hydrogen-bond donors (Lipinski definition) is 6. The average molecular weight is 605 g/mol. The molecule has 0 aromatic heterocycles. The molecule has 0 aliphatic carbocycles. The molecule has 3 rings (SSSR count). The van der Waals surface area contributed by atoms with Crippen LogP contribution in [-0.4, -0.2) is 99.0 Å². The molecule has 0 radical (unpaired) electrons. The quantitative estimate of drug-likeness (QED) is 0.121. The number of Topliss-reactive ketones (excluding diaryl/α,β-unsaturated/α-hetero) is 1. The van der Waals surface area contributed by atoms with Gasteiger partial charge in [0.2, 0.25) is 5.91 Å². The molecule has 230 valence electrons. The van der Waals surface area contributed by atoms with Crippen LogP contribution in [0.2, 0.25) is 0 Å². The predicted octanol–water partition coefficient (Wildman–Crippen LogP) is 1.57. The first-order chi connectivity index (χ1) is 20.1. The molecular formula is C30H40N2O9S. The summed E-state index contributed by atoms with van der Waals surface area (Å²) in [6.07, 6.45) is -6.64. The molecule has 1 aliphatic heterocycles. The highest BCUT2D eigenvalue weighted by Gasteiger charge is 2.55. The van der Waals surface area contributed by atoms with Gasteiger partial charge in [-0.1, -0.05) is 54.6 Å². The van der Waals surface area contributed by atoms with E-state index in [-0.39, 0.29) is 25.2 Å². The highest BCUT2D eigenvalue weighted by atomic mass is 32.2. The van der Waals surface area contributed by atoms with Crippen molar-refractivity contribution in [3.05, 3.63) is 60.2 Å². The largest absolute Gasteiger partial charge is 0.477 e. The maximum Gasteiger partial charge on any atom is 0.364 e. The Bertz CT molecular complexity index is 1170. The van der Waals surface area contributed by atoms with Crippen molar-refractivity contribution in [2.24, 2.45) is 5.73 Å². The van der Waals surface area contributed by atoms with E-state index < -0.39 is 54.5 Å². The number of carbonyl (C=O) groups excluding carboxylic acids is 2. The van der Waals surface area contributed by atoms with Gasteiger partial charge in [-0.2, -0.15) is 11.8 Å². The molecule has 1 saturated heterocycles. The first-order valence-corrected chi connectivity index (χ1v) is 15.1. The summed E-state index contributed by atoms with van der Waals surface area (Å²) in [5.41, 5.74) is 7.85. The minimum absolute atomic E-state index is 0.00960. The zero-order valence-corrected chi connectivity index (χ0v) is 24.4. The number of aliphatic hydroxyl groups excluding tert-OH is 3. The van der Waals surface area contributed by atoms with Crippen molar-refractivity contribution in [1.82, 2.24) is 5.32 Å². The minimum atomic E-state index is -2.31. The lowest BCUT2D eigenvalue weighted by Crippen LogP contribution is -2.67. The fourth-order valence-electron chi connectivity index (χ4n) is 4.83. The van der Waals surface area contributed by atoms with Gasteiger partial charge in [0.25, 0.3) is 5.79 Å². The number of ether oxygens (including phenoxy) is 2. The Balaban J connectivity index is 1.67. The van der Waals surface area contributed by atoms with Crippen molar-refractivity contribution in [2.45, 2.75) is 68.9 Å². The fourth-order valence-corrected chi connectivity index (χ4v) is 5.52. The van der Waals surface area contributed by atoms with Gasteiger partial charge in [0.05, 0.1) is 24.9 Å². The van der Waals surface area contributed by atoms with Gasteiger partial charge in [-0.3, -0.25) is 9.59 Å². The van der Waals surface area contributed by atoms with E-state index in [9.17, 15) is 34.8 Å². The van der Waals surface area contributed by atoms with Crippen LogP contribution in [-0.2, 0) is 19.1 Å². The van der Waals surface area contributed by atoms with E-state index in [0.29, 0.717) is 24.3 Å². The summed E-state index contributed by atoms with van der Waals surface area (Å²) >= 11 is 1.58. The van der Waals surface area contributed by atoms with Crippen molar-refractivity contribution >= 4 is 29.4 Å². The summed E-state index contributed by atoms with van der Waals surface area (Å²) in [4.78, 5) is 37.0. The number of benzene rings is 2. The van der Waals surface area contributed by atoms with Gasteiger partial charge in [0, 0.05) is 37.6 Å². The molecule has 1 aliphatic rings. The summed E-state index contributed by atoms with van der Waals surface area (Å²) < 4.78 is 11.4. The number of hydrogen-bond acceptors (Lipinski definition) is 10. The molecule has 12 heteroatoms. The lowest BCUT2D eigenvalue weighted by atomic mass is 9.87. The average Bonchev–Trinajstić information content (AvgIpc) is 2.98. The van der Waals surface area contributed by atoms with E-state index in [0.717, 1.165) is 16.9 Å². The molecule has 42 heavy (non-hydrogen) atoms. The van der Waals surface area contributed by atoms with Gasteiger partial charge in [-0.05, 0) is 29.7 Å². The number of amides is 1. The molecule has 1 heterocycles. The van der Waals surface area contributed by atoms with Crippen LogP contribution in [0.1, 0.15) is 43.0 Å². The number of thioether (sulfide) groups is 1. The number of carboxylic acid groups (broad SMARTS) is 1. The van der Waals surface area contributed by atoms with Crippen LogP contribution in [0, 0.1) is 0 Å². The summed E-state index contributed by atoms with van der Waals surface area (Å²) in [6, 6.07) is 15.5. The Kier molecular flexibility index (Phi) is 12.9. The molecule has 6 atom stereocenters. The number of aliphatic carboxylic acids is 1. The van der Waals surface area contributed by atoms with Crippen molar-refractivity contribution < 1.29 is 44.3 Å². The maximum absolute atomic E-state index is 12.8. The van der Waals surface area contributed by atoms with Crippen molar-refractivity contribution in [3.8, 4) is 11.1 Å².